The second-order valence-corrected chi connectivity index (χ2v) is 7.76. The Hall–Kier alpha value is -0.980. The molecule has 0 atom stereocenters. The number of nitrogens with two attached hydrogens (primary N) is 1. The van der Waals surface area contributed by atoms with Gasteiger partial charge in [-0.25, -0.2) is 12.8 Å². The fourth-order valence-electron chi connectivity index (χ4n) is 2.47. The molecule has 6 heteroatoms. The number of hydrogen-bond donors (Lipinski definition) is 1. The second kappa shape index (κ2) is 6.42. The van der Waals surface area contributed by atoms with Crippen molar-refractivity contribution >= 4 is 10.0 Å². The molecule has 0 saturated heterocycles. The molecule has 0 aliphatic carbocycles. The van der Waals surface area contributed by atoms with E-state index in [0.717, 1.165) is 0 Å². The number of nitrogens with zero attached hydrogens (tertiary/aromatic N) is 1. The van der Waals surface area contributed by atoms with Crippen LogP contribution in [-0.2, 0) is 10.0 Å². The summed E-state index contributed by atoms with van der Waals surface area (Å²) in [5, 5.41) is 0. The summed E-state index contributed by atoms with van der Waals surface area (Å²) in [5.74, 6) is -0.427. The van der Waals surface area contributed by atoms with Crippen LogP contribution >= 0.6 is 0 Å². The first-order chi connectivity index (χ1) is 9.57. The van der Waals surface area contributed by atoms with Crippen LogP contribution < -0.4 is 5.73 Å². The molecule has 1 aromatic carbocycles. The summed E-state index contributed by atoms with van der Waals surface area (Å²) < 4.78 is 40.9. The first kappa shape index (κ1) is 18.1. The standard InChI is InChI=1S/C15H25FN2O2S/c1-6-7-18(15(4,5)10-17)21(19,20)14-11(2)8-13(16)9-12(14)3/h8-9H,6-7,10,17H2,1-5H3. The maximum Gasteiger partial charge on any atom is 0.244 e. The van der Waals surface area contributed by atoms with Gasteiger partial charge in [-0.2, -0.15) is 4.31 Å². The van der Waals surface area contributed by atoms with Crippen LogP contribution in [0.25, 0.3) is 0 Å². The molecule has 0 aromatic heterocycles. The Morgan fingerprint density at radius 2 is 1.71 bits per heavy atom. The lowest BCUT2D eigenvalue weighted by molar-refractivity contribution is 0.235. The van der Waals surface area contributed by atoms with E-state index in [1.54, 1.807) is 27.7 Å². The molecule has 0 aliphatic rings. The predicted molar refractivity (Wildman–Crippen MR) is 83.2 cm³/mol. The van der Waals surface area contributed by atoms with Gasteiger partial charge in [0.15, 0.2) is 0 Å². The Morgan fingerprint density at radius 1 is 1.24 bits per heavy atom. The van der Waals surface area contributed by atoms with Crippen molar-refractivity contribution in [3.63, 3.8) is 0 Å². The first-order valence-electron chi connectivity index (χ1n) is 7.07. The summed E-state index contributed by atoms with van der Waals surface area (Å²) in [6.07, 6.45) is 0.682. The molecule has 1 rings (SSSR count). The highest BCUT2D eigenvalue weighted by atomic mass is 32.2. The van der Waals surface area contributed by atoms with E-state index in [1.807, 2.05) is 6.92 Å². The summed E-state index contributed by atoms with van der Waals surface area (Å²) in [5.41, 5.74) is 5.89. The summed E-state index contributed by atoms with van der Waals surface area (Å²) in [4.78, 5) is 0.180. The van der Waals surface area contributed by atoms with Crippen molar-refractivity contribution in [3.05, 3.63) is 29.1 Å². The summed E-state index contributed by atoms with van der Waals surface area (Å²) in [6, 6.07) is 2.50. The van der Waals surface area contributed by atoms with Gasteiger partial charge in [0.25, 0.3) is 0 Å². The lowest BCUT2D eigenvalue weighted by atomic mass is 10.1. The first-order valence-corrected chi connectivity index (χ1v) is 8.51. The highest BCUT2D eigenvalue weighted by Gasteiger charge is 2.37. The molecule has 0 heterocycles. The number of rotatable bonds is 6. The van der Waals surface area contributed by atoms with Crippen LogP contribution in [0.1, 0.15) is 38.3 Å². The summed E-state index contributed by atoms with van der Waals surface area (Å²) in [6.45, 7) is 9.33. The van der Waals surface area contributed by atoms with Gasteiger partial charge in [-0.1, -0.05) is 6.92 Å². The van der Waals surface area contributed by atoms with Crippen LogP contribution in [0.15, 0.2) is 17.0 Å². The lowest BCUT2D eigenvalue weighted by Gasteiger charge is -2.37. The topological polar surface area (TPSA) is 63.4 Å². The van der Waals surface area contributed by atoms with Gasteiger partial charge in [0.05, 0.1) is 4.90 Å². The molecule has 0 fully saturated rings. The van der Waals surface area contributed by atoms with E-state index in [-0.39, 0.29) is 11.4 Å². The predicted octanol–water partition coefficient (Wildman–Crippen LogP) is 2.58. The lowest BCUT2D eigenvalue weighted by Crippen LogP contribution is -2.52. The van der Waals surface area contributed by atoms with Crippen LogP contribution in [0.5, 0.6) is 0 Å². The normalized spacial score (nSPS) is 13.0. The average Bonchev–Trinajstić information content (AvgIpc) is 2.33. The molecular formula is C15H25FN2O2S. The Balaban J connectivity index is 3.51. The zero-order chi connectivity index (χ0) is 16.4. The number of halogens is 1. The number of hydrogen-bond acceptors (Lipinski definition) is 3. The van der Waals surface area contributed by atoms with E-state index in [9.17, 15) is 12.8 Å². The van der Waals surface area contributed by atoms with Gasteiger partial charge in [0, 0.05) is 18.6 Å². The van der Waals surface area contributed by atoms with Crippen molar-refractivity contribution in [2.45, 2.75) is 51.5 Å². The minimum absolute atomic E-state index is 0.180. The van der Waals surface area contributed by atoms with Gasteiger partial charge in [0.1, 0.15) is 5.82 Å². The van der Waals surface area contributed by atoms with Crippen LogP contribution in [0.4, 0.5) is 4.39 Å². The van der Waals surface area contributed by atoms with E-state index in [2.05, 4.69) is 0 Å². The molecule has 0 spiro atoms. The third kappa shape index (κ3) is 3.62. The van der Waals surface area contributed by atoms with Crippen molar-refractivity contribution < 1.29 is 12.8 Å². The minimum Gasteiger partial charge on any atom is -0.329 e. The molecule has 4 nitrogen and oxygen atoms in total. The third-order valence-corrected chi connectivity index (χ3v) is 5.99. The Kier molecular flexibility index (Phi) is 5.52. The number of benzene rings is 1. The summed E-state index contributed by atoms with van der Waals surface area (Å²) in [7, 11) is -3.72. The monoisotopic (exact) mass is 316 g/mol. The van der Waals surface area contributed by atoms with Gasteiger partial charge in [-0.05, 0) is 57.4 Å². The van der Waals surface area contributed by atoms with Crippen molar-refractivity contribution in [3.8, 4) is 0 Å². The van der Waals surface area contributed by atoms with Crippen molar-refractivity contribution in [1.82, 2.24) is 4.31 Å². The molecule has 120 valence electrons. The van der Waals surface area contributed by atoms with E-state index >= 15 is 0 Å². The van der Waals surface area contributed by atoms with E-state index in [0.29, 0.717) is 24.1 Å². The quantitative estimate of drug-likeness (QED) is 0.877. The maximum absolute atomic E-state index is 13.4. The van der Waals surface area contributed by atoms with Gasteiger partial charge in [0.2, 0.25) is 10.0 Å². The van der Waals surface area contributed by atoms with E-state index < -0.39 is 21.4 Å². The van der Waals surface area contributed by atoms with E-state index in [1.165, 1.54) is 16.4 Å². The van der Waals surface area contributed by atoms with Gasteiger partial charge >= 0.3 is 0 Å². The molecule has 1 aromatic rings. The van der Waals surface area contributed by atoms with Crippen LogP contribution in [0.3, 0.4) is 0 Å². The zero-order valence-electron chi connectivity index (χ0n) is 13.4. The van der Waals surface area contributed by atoms with Gasteiger partial charge < -0.3 is 5.73 Å². The maximum atomic E-state index is 13.4. The smallest absolute Gasteiger partial charge is 0.244 e. The van der Waals surface area contributed by atoms with Crippen LogP contribution in [0, 0.1) is 19.7 Å². The molecule has 0 aliphatic heterocycles. The van der Waals surface area contributed by atoms with Gasteiger partial charge in [-0.15, -0.1) is 0 Å². The fourth-order valence-corrected chi connectivity index (χ4v) is 4.77. The zero-order valence-corrected chi connectivity index (χ0v) is 14.2. The second-order valence-electron chi connectivity index (χ2n) is 5.96. The molecular weight excluding hydrogens is 291 g/mol. The van der Waals surface area contributed by atoms with Crippen molar-refractivity contribution in [2.24, 2.45) is 5.73 Å². The van der Waals surface area contributed by atoms with E-state index in [4.69, 9.17) is 5.73 Å². The SMILES string of the molecule is CCCN(C(C)(C)CN)S(=O)(=O)c1c(C)cc(F)cc1C. The summed E-state index contributed by atoms with van der Waals surface area (Å²) >= 11 is 0. The van der Waals surface area contributed by atoms with Crippen molar-refractivity contribution in [1.29, 1.82) is 0 Å². The Bertz CT molecular complexity index is 589. The molecule has 21 heavy (non-hydrogen) atoms. The largest absolute Gasteiger partial charge is 0.329 e. The molecule has 0 amide bonds. The Labute approximate surface area is 127 Å². The van der Waals surface area contributed by atoms with Crippen LogP contribution in [-0.4, -0.2) is 31.4 Å². The molecule has 0 unspecified atom stereocenters. The molecule has 0 saturated carbocycles. The molecule has 0 radical (unpaired) electrons. The highest BCUT2D eigenvalue weighted by Crippen LogP contribution is 2.29. The number of aryl methyl sites for hydroxylation is 2. The minimum atomic E-state index is -3.72. The molecule has 0 bridgehead atoms. The fraction of sp³-hybridized carbons (Fsp3) is 0.600. The van der Waals surface area contributed by atoms with Crippen molar-refractivity contribution in [2.75, 3.05) is 13.1 Å². The molecule has 2 N–H and O–H groups in total. The average molecular weight is 316 g/mol. The van der Waals surface area contributed by atoms with Gasteiger partial charge in [-0.3, -0.25) is 0 Å². The van der Waals surface area contributed by atoms with Crippen LogP contribution in [0.2, 0.25) is 0 Å². The third-order valence-electron chi connectivity index (χ3n) is 3.57. The Morgan fingerprint density at radius 3 is 2.10 bits per heavy atom. The number of sulfonamides is 1. The highest BCUT2D eigenvalue weighted by molar-refractivity contribution is 7.89.